The van der Waals surface area contributed by atoms with Gasteiger partial charge in [-0.15, -0.1) is 0 Å². The van der Waals surface area contributed by atoms with Crippen LogP contribution in [0.1, 0.15) is 42.9 Å². The van der Waals surface area contributed by atoms with E-state index in [2.05, 4.69) is 0 Å². The van der Waals surface area contributed by atoms with Gasteiger partial charge in [-0.2, -0.15) is 17.2 Å². The van der Waals surface area contributed by atoms with E-state index in [0.717, 1.165) is 36.2 Å². The van der Waals surface area contributed by atoms with Crippen molar-refractivity contribution in [1.82, 2.24) is 0 Å². The van der Waals surface area contributed by atoms with Crippen LogP contribution in [0.2, 0.25) is 0 Å². The molecule has 0 spiro atoms. The molecule has 0 fully saturated rings. The molecule has 1 atom stereocenters. The van der Waals surface area contributed by atoms with E-state index in [-0.39, 0.29) is 11.1 Å². The third kappa shape index (κ3) is 3.76. The molecule has 6 heteroatoms. The largest absolute Gasteiger partial charge is 0.298 e. The van der Waals surface area contributed by atoms with Crippen molar-refractivity contribution in [2.75, 3.05) is 0 Å². The maximum atomic E-state index is 14.5. The van der Waals surface area contributed by atoms with Crippen LogP contribution in [0.4, 0.5) is 8.78 Å². The Balaban J connectivity index is 2.34. The summed E-state index contributed by atoms with van der Waals surface area (Å²) in [4.78, 5) is -0.413. The predicted molar refractivity (Wildman–Crippen MR) is 84.4 cm³/mol. The molecule has 124 valence electrons. The molecule has 0 aliphatic rings. The van der Waals surface area contributed by atoms with Crippen LogP contribution >= 0.6 is 0 Å². The van der Waals surface area contributed by atoms with Crippen molar-refractivity contribution in [3.8, 4) is 0 Å². The summed E-state index contributed by atoms with van der Waals surface area (Å²) in [6.07, 6.45) is 0.923. The molecule has 1 unspecified atom stereocenters. The number of hydrogen-bond donors (Lipinski definition) is 1. The monoisotopic (exact) mass is 340 g/mol. The van der Waals surface area contributed by atoms with Gasteiger partial charge in [0.15, 0.2) is 0 Å². The maximum absolute atomic E-state index is 14.5. The first kappa shape index (κ1) is 17.6. The first-order chi connectivity index (χ1) is 10.7. The highest BCUT2D eigenvalue weighted by Crippen LogP contribution is 2.36. The molecule has 2 aromatic rings. The van der Waals surface area contributed by atoms with E-state index in [4.69, 9.17) is 4.55 Å². The van der Waals surface area contributed by atoms with Gasteiger partial charge >= 0.3 is 0 Å². The number of halogens is 2. The molecule has 0 saturated heterocycles. The SMILES string of the molecule is CCC(C)c1ccc(C(F)(F)c2ccc(S(=O)(=O)O)cc2)cc1. The summed E-state index contributed by atoms with van der Waals surface area (Å²) in [5.74, 6) is -2.95. The molecule has 0 radical (unpaired) electrons. The zero-order chi connectivity index (χ0) is 17.3. The lowest BCUT2D eigenvalue weighted by atomic mass is 9.94. The minimum absolute atomic E-state index is 0.163. The lowest BCUT2D eigenvalue weighted by molar-refractivity contribution is 0.0427. The molecule has 3 nitrogen and oxygen atoms in total. The Labute approximate surface area is 134 Å². The minimum Gasteiger partial charge on any atom is -0.282 e. The number of alkyl halides is 2. The number of rotatable bonds is 5. The van der Waals surface area contributed by atoms with E-state index in [0.29, 0.717) is 5.92 Å². The Morgan fingerprint density at radius 1 is 1.00 bits per heavy atom. The second-order valence-electron chi connectivity index (χ2n) is 5.51. The molecule has 0 heterocycles. The summed E-state index contributed by atoms with van der Waals surface area (Å²) in [5, 5.41) is 0. The summed E-state index contributed by atoms with van der Waals surface area (Å²) in [6, 6.07) is 10.1. The summed E-state index contributed by atoms with van der Waals surface area (Å²) in [7, 11) is -4.39. The highest BCUT2D eigenvalue weighted by atomic mass is 32.2. The Hall–Kier alpha value is -1.79. The molecule has 2 aromatic carbocycles. The van der Waals surface area contributed by atoms with E-state index in [9.17, 15) is 17.2 Å². The van der Waals surface area contributed by atoms with Gasteiger partial charge in [0.2, 0.25) is 0 Å². The fourth-order valence-electron chi connectivity index (χ4n) is 2.26. The summed E-state index contributed by atoms with van der Waals surface area (Å²) < 4.78 is 59.9. The van der Waals surface area contributed by atoms with Crippen molar-refractivity contribution in [2.24, 2.45) is 0 Å². The molecule has 0 bridgehead atoms. The predicted octanol–water partition coefficient (Wildman–Crippen LogP) is 4.59. The third-order valence-corrected chi connectivity index (χ3v) is 4.84. The second kappa shape index (κ2) is 6.37. The first-order valence-electron chi connectivity index (χ1n) is 7.22. The lowest BCUT2D eigenvalue weighted by Crippen LogP contribution is -2.15. The average Bonchev–Trinajstić information content (AvgIpc) is 2.53. The van der Waals surface area contributed by atoms with Crippen molar-refractivity contribution >= 4 is 10.1 Å². The van der Waals surface area contributed by atoms with Crippen LogP contribution in [0.3, 0.4) is 0 Å². The Morgan fingerprint density at radius 2 is 1.43 bits per heavy atom. The van der Waals surface area contributed by atoms with Crippen molar-refractivity contribution < 1.29 is 21.8 Å². The normalized spacial score (nSPS) is 13.8. The van der Waals surface area contributed by atoms with E-state index in [1.807, 2.05) is 13.8 Å². The van der Waals surface area contributed by atoms with Gasteiger partial charge in [-0.25, -0.2) is 0 Å². The highest BCUT2D eigenvalue weighted by Gasteiger charge is 2.34. The van der Waals surface area contributed by atoms with Crippen molar-refractivity contribution in [3.63, 3.8) is 0 Å². The van der Waals surface area contributed by atoms with Crippen LogP contribution in [-0.4, -0.2) is 13.0 Å². The quantitative estimate of drug-likeness (QED) is 0.810. The van der Waals surface area contributed by atoms with E-state index in [1.165, 1.54) is 12.1 Å². The fraction of sp³-hybridized carbons (Fsp3) is 0.294. The molecular formula is C17H18F2O3S. The van der Waals surface area contributed by atoms with Crippen molar-refractivity contribution in [3.05, 3.63) is 65.2 Å². The molecule has 23 heavy (non-hydrogen) atoms. The summed E-state index contributed by atoms with van der Waals surface area (Å²) in [5.41, 5.74) is 0.499. The van der Waals surface area contributed by atoms with E-state index >= 15 is 0 Å². The second-order valence-corrected chi connectivity index (χ2v) is 6.93. The number of hydrogen-bond acceptors (Lipinski definition) is 2. The third-order valence-electron chi connectivity index (χ3n) is 3.97. The smallest absolute Gasteiger partial charge is 0.282 e. The number of benzene rings is 2. The Kier molecular flexibility index (Phi) is 4.87. The average molecular weight is 340 g/mol. The maximum Gasteiger partial charge on any atom is 0.298 e. The van der Waals surface area contributed by atoms with Crippen LogP contribution in [-0.2, 0) is 16.0 Å². The van der Waals surface area contributed by atoms with Gasteiger partial charge in [0.1, 0.15) is 0 Å². The molecular weight excluding hydrogens is 322 g/mol. The van der Waals surface area contributed by atoms with E-state index < -0.39 is 20.9 Å². The van der Waals surface area contributed by atoms with Crippen molar-refractivity contribution in [1.29, 1.82) is 0 Å². The molecule has 0 aliphatic heterocycles. The summed E-state index contributed by atoms with van der Waals surface area (Å²) >= 11 is 0. The van der Waals surface area contributed by atoms with Crippen LogP contribution in [0, 0.1) is 0 Å². The van der Waals surface area contributed by atoms with Crippen molar-refractivity contribution in [2.45, 2.75) is 37.0 Å². The van der Waals surface area contributed by atoms with Gasteiger partial charge in [0, 0.05) is 11.1 Å². The molecule has 0 aromatic heterocycles. The van der Waals surface area contributed by atoms with Crippen LogP contribution < -0.4 is 0 Å². The molecule has 2 rings (SSSR count). The Bertz CT molecular complexity index is 766. The Morgan fingerprint density at radius 3 is 1.83 bits per heavy atom. The van der Waals surface area contributed by atoms with Crippen LogP contribution in [0.25, 0.3) is 0 Å². The molecule has 0 aliphatic carbocycles. The van der Waals surface area contributed by atoms with Gasteiger partial charge < -0.3 is 0 Å². The molecule has 0 amide bonds. The molecule has 0 saturated carbocycles. The van der Waals surface area contributed by atoms with Crippen LogP contribution in [0.5, 0.6) is 0 Å². The van der Waals surface area contributed by atoms with Gasteiger partial charge in [0.05, 0.1) is 4.90 Å². The zero-order valence-electron chi connectivity index (χ0n) is 12.8. The lowest BCUT2D eigenvalue weighted by Gasteiger charge is -2.18. The van der Waals surface area contributed by atoms with Gasteiger partial charge in [-0.1, -0.05) is 50.2 Å². The van der Waals surface area contributed by atoms with Gasteiger partial charge in [-0.05, 0) is 30.0 Å². The topological polar surface area (TPSA) is 54.4 Å². The van der Waals surface area contributed by atoms with Gasteiger partial charge in [-0.3, -0.25) is 4.55 Å². The fourth-order valence-corrected chi connectivity index (χ4v) is 2.74. The first-order valence-corrected chi connectivity index (χ1v) is 8.66. The standard InChI is InChI=1S/C17H18F2O3S/c1-3-12(2)13-4-6-14(7-5-13)17(18,19)15-8-10-16(11-9-15)23(20,21)22/h4-12H,3H2,1-2H3,(H,20,21,22). The van der Waals surface area contributed by atoms with Gasteiger partial charge in [0.25, 0.3) is 16.0 Å². The zero-order valence-corrected chi connectivity index (χ0v) is 13.6. The van der Waals surface area contributed by atoms with E-state index in [1.54, 1.807) is 12.1 Å². The molecule has 1 N–H and O–H groups in total. The van der Waals surface area contributed by atoms with Crippen LogP contribution in [0.15, 0.2) is 53.4 Å². The summed E-state index contributed by atoms with van der Waals surface area (Å²) in [6.45, 7) is 4.06. The minimum atomic E-state index is -4.39. The highest BCUT2D eigenvalue weighted by molar-refractivity contribution is 7.85.